The normalized spacial score (nSPS) is 10.1. The van der Waals surface area contributed by atoms with Crippen molar-refractivity contribution in [1.82, 2.24) is 4.98 Å². The first-order valence-corrected chi connectivity index (χ1v) is 5.23. The molecule has 1 heterocycles. The molecule has 0 saturated heterocycles. The van der Waals surface area contributed by atoms with Crippen molar-refractivity contribution in [3.63, 3.8) is 0 Å². The fourth-order valence-electron chi connectivity index (χ4n) is 1.51. The maximum Gasteiger partial charge on any atom is 0.123 e. The molecule has 0 amide bonds. The second kappa shape index (κ2) is 5.26. The van der Waals surface area contributed by atoms with Crippen molar-refractivity contribution >= 4 is 5.69 Å². The van der Waals surface area contributed by atoms with Crippen LogP contribution in [0.2, 0.25) is 0 Å². The number of hydrogen-bond acceptors (Lipinski definition) is 2. The highest BCUT2D eigenvalue weighted by Gasteiger charge is 1.95. The summed E-state index contributed by atoms with van der Waals surface area (Å²) in [6.45, 7) is 0.773. The van der Waals surface area contributed by atoms with E-state index in [4.69, 9.17) is 0 Å². The molecular formula is C13H13FN2. The SMILES string of the molecule is Fc1cccc(CCNc2cccnc2)c1. The van der Waals surface area contributed by atoms with E-state index in [0.717, 1.165) is 24.2 Å². The lowest BCUT2D eigenvalue weighted by molar-refractivity contribution is 0.625. The minimum Gasteiger partial charge on any atom is -0.383 e. The molecule has 16 heavy (non-hydrogen) atoms. The van der Waals surface area contributed by atoms with Crippen molar-refractivity contribution in [3.05, 3.63) is 60.2 Å². The van der Waals surface area contributed by atoms with E-state index >= 15 is 0 Å². The number of aromatic nitrogens is 1. The molecule has 1 aromatic heterocycles. The quantitative estimate of drug-likeness (QED) is 0.850. The molecule has 0 atom stereocenters. The summed E-state index contributed by atoms with van der Waals surface area (Å²) < 4.78 is 12.9. The summed E-state index contributed by atoms with van der Waals surface area (Å²) in [5.41, 5.74) is 1.98. The van der Waals surface area contributed by atoms with Gasteiger partial charge in [-0.3, -0.25) is 4.98 Å². The molecule has 2 aromatic rings. The average molecular weight is 216 g/mol. The Kier molecular flexibility index (Phi) is 3.49. The summed E-state index contributed by atoms with van der Waals surface area (Å²) >= 11 is 0. The van der Waals surface area contributed by atoms with Crippen LogP contribution in [0.5, 0.6) is 0 Å². The van der Waals surface area contributed by atoms with Crippen LogP contribution in [0.3, 0.4) is 0 Å². The molecular weight excluding hydrogens is 203 g/mol. The molecule has 0 unspecified atom stereocenters. The van der Waals surface area contributed by atoms with Gasteiger partial charge in [0.25, 0.3) is 0 Å². The third kappa shape index (κ3) is 3.05. The Morgan fingerprint density at radius 1 is 1.19 bits per heavy atom. The van der Waals surface area contributed by atoms with Crippen LogP contribution < -0.4 is 5.32 Å². The topological polar surface area (TPSA) is 24.9 Å². The minimum atomic E-state index is -0.182. The Labute approximate surface area is 94.2 Å². The Bertz CT molecular complexity index is 443. The van der Waals surface area contributed by atoms with Gasteiger partial charge in [0.2, 0.25) is 0 Å². The Morgan fingerprint density at radius 2 is 2.12 bits per heavy atom. The molecule has 3 heteroatoms. The highest BCUT2D eigenvalue weighted by atomic mass is 19.1. The largest absolute Gasteiger partial charge is 0.383 e. The molecule has 2 nitrogen and oxygen atoms in total. The van der Waals surface area contributed by atoms with E-state index in [9.17, 15) is 4.39 Å². The van der Waals surface area contributed by atoms with Gasteiger partial charge in [-0.2, -0.15) is 0 Å². The van der Waals surface area contributed by atoms with E-state index in [1.807, 2.05) is 18.2 Å². The number of anilines is 1. The molecule has 0 saturated carbocycles. The predicted octanol–water partition coefficient (Wildman–Crippen LogP) is 2.88. The third-order valence-electron chi connectivity index (χ3n) is 2.29. The summed E-state index contributed by atoms with van der Waals surface area (Å²) in [4.78, 5) is 4.00. The Balaban J connectivity index is 1.85. The fraction of sp³-hybridized carbons (Fsp3) is 0.154. The maximum absolute atomic E-state index is 12.9. The second-order valence-electron chi connectivity index (χ2n) is 3.55. The lowest BCUT2D eigenvalue weighted by Crippen LogP contribution is -2.04. The number of rotatable bonds is 4. The van der Waals surface area contributed by atoms with Crippen molar-refractivity contribution in [2.45, 2.75) is 6.42 Å². The third-order valence-corrected chi connectivity index (χ3v) is 2.29. The van der Waals surface area contributed by atoms with Gasteiger partial charge in [-0.15, -0.1) is 0 Å². The predicted molar refractivity (Wildman–Crippen MR) is 62.8 cm³/mol. The number of benzene rings is 1. The number of hydrogen-bond donors (Lipinski definition) is 1. The zero-order valence-corrected chi connectivity index (χ0v) is 8.86. The molecule has 0 aliphatic heterocycles. The van der Waals surface area contributed by atoms with Gasteiger partial charge in [0, 0.05) is 18.9 Å². The molecule has 0 fully saturated rings. The van der Waals surface area contributed by atoms with E-state index in [-0.39, 0.29) is 5.82 Å². The summed E-state index contributed by atoms with van der Waals surface area (Å²) in [6.07, 6.45) is 4.30. The zero-order chi connectivity index (χ0) is 11.2. The highest BCUT2D eigenvalue weighted by Crippen LogP contribution is 2.06. The lowest BCUT2D eigenvalue weighted by atomic mass is 10.1. The van der Waals surface area contributed by atoms with Gasteiger partial charge in [-0.1, -0.05) is 12.1 Å². The average Bonchev–Trinajstić information content (AvgIpc) is 2.30. The Hall–Kier alpha value is -1.90. The monoisotopic (exact) mass is 216 g/mol. The molecule has 0 spiro atoms. The van der Waals surface area contributed by atoms with Crippen LogP contribution in [0.1, 0.15) is 5.56 Å². The summed E-state index contributed by atoms with van der Waals surface area (Å²) in [7, 11) is 0. The second-order valence-corrected chi connectivity index (χ2v) is 3.55. The van der Waals surface area contributed by atoms with Gasteiger partial charge in [0.05, 0.1) is 5.69 Å². The summed E-state index contributed by atoms with van der Waals surface area (Å²) in [5.74, 6) is -0.182. The van der Waals surface area contributed by atoms with Gasteiger partial charge >= 0.3 is 0 Å². The molecule has 0 aliphatic rings. The van der Waals surface area contributed by atoms with Gasteiger partial charge in [-0.25, -0.2) is 4.39 Å². The van der Waals surface area contributed by atoms with Crippen LogP contribution in [-0.2, 0) is 6.42 Å². The van der Waals surface area contributed by atoms with Gasteiger partial charge in [-0.05, 0) is 36.2 Å². The number of nitrogens with one attached hydrogen (secondary N) is 1. The number of halogens is 1. The smallest absolute Gasteiger partial charge is 0.123 e. The first-order valence-electron chi connectivity index (χ1n) is 5.23. The van der Waals surface area contributed by atoms with Crippen molar-refractivity contribution in [1.29, 1.82) is 0 Å². The first-order chi connectivity index (χ1) is 7.84. The van der Waals surface area contributed by atoms with E-state index in [2.05, 4.69) is 10.3 Å². The van der Waals surface area contributed by atoms with E-state index < -0.39 is 0 Å². The standard InChI is InChI=1S/C13H13FN2/c14-12-4-1-3-11(9-12)6-8-16-13-5-2-7-15-10-13/h1-5,7,9-10,16H,6,8H2. The van der Waals surface area contributed by atoms with Crippen LogP contribution >= 0.6 is 0 Å². The molecule has 2 rings (SSSR count). The maximum atomic E-state index is 12.9. The molecule has 1 N–H and O–H groups in total. The molecule has 1 aromatic carbocycles. The van der Waals surface area contributed by atoms with Crippen molar-refractivity contribution in [2.24, 2.45) is 0 Å². The fourth-order valence-corrected chi connectivity index (χ4v) is 1.51. The van der Waals surface area contributed by atoms with Crippen molar-refractivity contribution in [2.75, 3.05) is 11.9 Å². The lowest BCUT2D eigenvalue weighted by Gasteiger charge is -2.05. The molecule has 0 aliphatic carbocycles. The van der Waals surface area contributed by atoms with Gasteiger partial charge in [0.1, 0.15) is 5.82 Å². The van der Waals surface area contributed by atoms with Crippen LogP contribution in [0.25, 0.3) is 0 Å². The van der Waals surface area contributed by atoms with Crippen LogP contribution in [0.15, 0.2) is 48.8 Å². The van der Waals surface area contributed by atoms with Crippen LogP contribution in [0, 0.1) is 5.82 Å². The van der Waals surface area contributed by atoms with E-state index in [1.165, 1.54) is 6.07 Å². The Morgan fingerprint density at radius 3 is 2.88 bits per heavy atom. The molecule has 82 valence electrons. The van der Waals surface area contributed by atoms with Gasteiger partial charge in [0.15, 0.2) is 0 Å². The number of nitrogens with zero attached hydrogens (tertiary/aromatic N) is 1. The van der Waals surface area contributed by atoms with Crippen LogP contribution in [0.4, 0.5) is 10.1 Å². The van der Waals surface area contributed by atoms with E-state index in [1.54, 1.807) is 24.5 Å². The number of pyridine rings is 1. The minimum absolute atomic E-state index is 0.182. The first kappa shape index (κ1) is 10.6. The van der Waals surface area contributed by atoms with Crippen molar-refractivity contribution < 1.29 is 4.39 Å². The van der Waals surface area contributed by atoms with Gasteiger partial charge < -0.3 is 5.32 Å². The highest BCUT2D eigenvalue weighted by molar-refractivity contribution is 5.39. The summed E-state index contributed by atoms with van der Waals surface area (Å²) in [6, 6.07) is 10.5. The molecule has 0 bridgehead atoms. The van der Waals surface area contributed by atoms with Crippen molar-refractivity contribution in [3.8, 4) is 0 Å². The van der Waals surface area contributed by atoms with E-state index in [0.29, 0.717) is 0 Å². The summed E-state index contributed by atoms with van der Waals surface area (Å²) in [5, 5.41) is 3.23. The molecule has 0 radical (unpaired) electrons. The van der Waals surface area contributed by atoms with Crippen LogP contribution in [-0.4, -0.2) is 11.5 Å². The zero-order valence-electron chi connectivity index (χ0n) is 8.86.